The van der Waals surface area contributed by atoms with E-state index >= 15 is 0 Å². The molecule has 1 atom stereocenters. The Morgan fingerprint density at radius 1 is 1.19 bits per heavy atom. The highest BCUT2D eigenvalue weighted by Crippen LogP contribution is 2.31. The molecule has 0 unspecified atom stereocenters. The molecule has 134 valence electrons. The molecule has 26 heavy (non-hydrogen) atoms. The number of ether oxygens (including phenoxy) is 1. The molecule has 1 saturated carbocycles. The number of benzene rings is 2. The molecule has 0 radical (unpaired) electrons. The lowest BCUT2D eigenvalue weighted by molar-refractivity contribution is 0.414. The third kappa shape index (κ3) is 3.68. The van der Waals surface area contributed by atoms with E-state index in [0.29, 0.717) is 6.04 Å². The summed E-state index contributed by atoms with van der Waals surface area (Å²) >= 11 is 5.45. The van der Waals surface area contributed by atoms with Crippen LogP contribution >= 0.6 is 12.2 Å². The first-order chi connectivity index (χ1) is 12.7. The van der Waals surface area contributed by atoms with Crippen LogP contribution in [0.2, 0.25) is 0 Å². The van der Waals surface area contributed by atoms with Crippen LogP contribution < -0.4 is 15.4 Å². The van der Waals surface area contributed by atoms with Gasteiger partial charge in [-0.1, -0.05) is 30.3 Å². The smallest absolute Gasteiger partial charge is 0.166 e. The highest BCUT2D eigenvalue weighted by Gasteiger charge is 2.23. The lowest BCUT2D eigenvalue weighted by Gasteiger charge is -2.20. The van der Waals surface area contributed by atoms with Crippen molar-refractivity contribution >= 4 is 28.2 Å². The number of thiocarbonyl (C=S) groups is 1. The van der Waals surface area contributed by atoms with E-state index in [-0.39, 0.29) is 5.92 Å². The maximum absolute atomic E-state index is 5.45. The fourth-order valence-electron chi connectivity index (χ4n) is 3.28. The van der Waals surface area contributed by atoms with Crippen LogP contribution in [-0.2, 0) is 0 Å². The van der Waals surface area contributed by atoms with Gasteiger partial charge in [-0.2, -0.15) is 0 Å². The number of H-pyrrole nitrogens is 1. The van der Waals surface area contributed by atoms with Crippen molar-refractivity contribution in [2.45, 2.75) is 24.8 Å². The van der Waals surface area contributed by atoms with E-state index in [9.17, 15) is 0 Å². The molecular formula is C21H23N3OS. The Morgan fingerprint density at radius 2 is 1.96 bits per heavy atom. The molecule has 1 aliphatic rings. The second-order valence-electron chi connectivity index (χ2n) is 6.74. The van der Waals surface area contributed by atoms with Crippen molar-refractivity contribution in [3.05, 3.63) is 65.9 Å². The Hall–Kier alpha value is -2.53. The van der Waals surface area contributed by atoms with Gasteiger partial charge in [-0.05, 0) is 54.4 Å². The maximum atomic E-state index is 5.45. The molecule has 0 amide bonds. The first-order valence-electron chi connectivity index (χ1n) is 8.99. The Kier molecular flexibility index (Phi) is 4.80. The second kappa shape index (κ2) is 7.38. The van der Waals surface area contributed by atoms with Crippen LogP contribution in [0.4, 0.5) is 0 Å². The third-order valence-corrected chi connectivity index (χ3v) is 5.16. The molecule has 1 aliphatic carbocycles. The number of fused-ring (bicyclic) bond motifs is 1. The molecule has 3 aromatic rings. The van der Waals surface area contributed by atoms with Crippen molar-refractivity contribution in [3.8, 4) is 5.75 Å². The third-order valence-electron chi connectivity index (χ3n) is 4.89. The number of methoxy groups -OCH3 is 1. The average Bonchev–Trinajstić information content (AvgIpc) is 3.39. The lowest BCUT2D eigenvalue weighted by atomic mass is 9.91. The van der Waals surface area contributed by atoms with Crippen molar-refractivity contribution in [1.82, 2.24) is 15.6 Å². The number of rotatable bonds is 6. The Balaban J connectivity index is 1.62. The SMILES string of the molecule is COc1ccc([C@@H](CNC(=S)NC2CC2)c2c[nH]c3ccccc23)cc1. The van der Waals surface area contributed by atoms with E-state index in [1.807, 2.05) is 12.1 Å². The van der Waals surface area contributed by atoms with Crippen molar-refractivity contribution < 1.29 is 4.74 Å². The van der Waals surface area contributed by atoms with Gasteiger partial charge < -0.3 is 20.4 Å². The molecule has 5 heteroatoms. The van der Waals surface area contributed by atoms with Crippen molar-refractivity contribution in [3.63, 3.8) is 0 Å². The predicted molar refractivity (Wildman–Crippen MR) is 110 cm³/mol. The van der Waals surface area contributed by atoms with Crippen molar-refractivity contribution in [2.24, 2.45) is 0 Å². The van der Waals surface area contributed by atoms with E-state index in [4.69, 9.17) is 17.0 Å². The molecule has 0 aliphatic heterocycles. The van der Waals surface area contributed by atoms with E-state index in [2.05, 4.69) is 58.2 Å². The van der Waals surface area contributed by atoms with Gasteiger partial charge in [-0.15, -0.1) is 0 Å². The Labute approximate surface area is 159 Å². The van der Waals surface area contributed by atoms with Gasteiger partial charge in [0.1, 0.15) is 5.75 Å². The fraction of sp³-hybridized carbons (Fsp3) is 0.286. The minimum absolute atomic E-state index is 0.191. The Morgan fingerprint density at radius 3 is 2.69 bits per heavy atom. The van der Waals surface area contributed by atoms with Crippen LogP contribution in [0.3, 0.4) is 0 Å². The number of aromatic nitrogens is 1. The number of hydrogen-bond acceptors (Lipinski definition) is 2. The molecule has 0 bridgehead atoms. The Bertz CT molecular complexity index is 899. The highest BCUT2D eigenvalue weighted by molar-refractivity contribution is 7.80. The van der Waals surface area contributed by atoms with E-state index < -0.39 is 0 Å². The first kappa shape index (κ1) is 16.9. The summed E-state index contributed by atoms with van der Waals surface area (Å²) in [6.45, 7) is 0.743. The molecule has 0 saturated heterocycles. The van der Waals surface area contributed by atoms with Crippen molar-refractivity contribution in [2.75, 3.05) is 13.7 Å². The number of nitrogens with one attached hydrogen (secondary N) is 3. The molecule has 1 fully saturated rings. The zero-order valence-electron chi connectivity index (χ0n) is 14.8. The van der Waals surface area contributed by atoms with Gasteiger partial charge in [-0.25, -0.2) is 0 Å². The minimum Gasteiger partial charge on any atom is -0.497 e. The first-order valence-corrected chi connectivity index (χ1v) is 9.40. The van der Waals surface area contributed by atoms with Crippen LogP contribution in [0.5, 0.6) is 5.75 Å². The second-order valence-corrected chi connectivity index (χ2v) is 7.15. The average molecular weight is 366 g/mol. The van der Waals surface area contributed by atoms with Gasteiger partial charge in [0.05, 0.1) is 7.11 Å². The predicted octanol–water partition coefficient (Wildman–Crippen LogP) is 3.93. The van der Waals surface area contributed by atoms with Gasteiger partial charge in [-0.3, -0.25) is 0 Å². The van der Waals surface area contributed by atoms with Crippen LogP contribution in [0.1, 0.15) is 29.9 Å². The summed E-state index contributed by atoms with van der Waals surface area (Å²) in [6.07, 6.45) is 4.54. The normalized spacial score (nSPS) is 14.8. The van der Waals surface area contributed by atoms with E-state index in [0.717, 1.165) is 22.9 Å². The van der Waals surface area contributed by atoms with Gasteiger partial charge in [0.15, 0.2) is 5.11 Å². The molecule has 1 heterocycles. The van der Waals surface area contributed by atoms with Crippen molar-refractivity contribution in [1.29, 1.82) is 0 Å². The highest BCUT2D eigenvalue weighted by atomic mass is 32.1. The van der Waals surface area contributed by atoms with Crippen LogP contribution in [-0.4, -0.2) is 29.8 Å². The fourth-order valence-corrected chi connectivity index (χ4v) is 3.53. The summed E-state index contributed by atoms with van der Waals surface area (Å²) in [5, 5.41) is 8.75. The van der Waals surface area contributed by atoms with Crippen LogP contribution in [0.25, 0.3) is 10.9 Å². The summed E-state index contributed by atoms with van der Waals surface area (Å²) in [7, 11) is 1.69. The number of hydrogen-bond donors (Lipinski definition) is 3. The van der Waals surface area contributed by atoms with E-state index in [1.165, 1.54) is 29.4 Å². The van der Waals surface area contributed by atoms with Gasteiger partial charge >= 0.3 is 0 Å². The largest absolute Gasteiger partial charge is 0.497 e. The number of para-hydroxylation sites is 1. The van der Waals surface area contributed by atoms with Crippen LogP contribution in [0, 0.1) is 0 Å². The van der Waals surface area contributed by atoms with Gasteiger partial charge in [0.25, 0.3) is 0 Å². The van der Waals surface area contributed by atoms with Gasteiger partial charge in [0.2, 0.25) is 0 Å². The quantitative estimate of drug-likeness (QED) is 0.579. The molecule has 4 rings (SSSR count). The lowest BCUT2D eigenvalue weighted by Crippen LogP contribution is -2.38. The van der Waals surface area contributed by atoms with Crippen LogP contribution in [0.15, 0.2) is 54.7 Å². The van der Waals surface area contributed by atoms with Gasteiger partial charge in [0, 0.05) is 35.6 Å². The topological polar surface area (TPSA) is 49.1 Å². The monoisotopic (exact) mass is 365 g/mol. The summed E-state index contributed by atoms with van der Waals surface area (Å²) in [4.78, 5) is 3.39. The molecular weight excluding hydrogens is 342 g/mol. The summed E-state index contributed by atoms with van der Waals surface area (Å²) in [5.41, 5.74) is 3.66. The van der Waals surface area contributed by atoms with E-state index in [1.54, 1.807) is 7.11 Å². The molecule has 2 aromatic carbocycles. The number of aromatic amines is 1. The standard InChI is InChI=1S/C21H23N3OS/c1-25-16-10-6-14(7-11-16)18(12-23-21(26)24-15-8-9-15)19-13-22-20-5-3-2-4-17(19)20/h2-7,10-11,13,15,18,22H,8-9,12H2,1H3,(H2,23,24,26)/t18-/m1/s1. The summed E-state index contributed by atoms with van der Waals surface area (Å²) in [5.74, 6) is 1.06. The zero-order chi connectivity index (χ0) is 17.9. The summed E-state index contributed by atoms with van der Waals surface area (Å²) < 4.78 is 5.31. The molecule has 1 aromatic heterocycles. The molecule has 4 nitrogen and oxygen atoms in total. The summed E-state index contributed by atoms with van der Waals surface area (Å²) in [6, 6.07) is 17.2. The molecule has 0 spiro atoms. The maximum Gasteiger partial charge on any atom is 0.166 e. The minimum atomic E-state index is 0.191. The molecule has 3 N–H and O–H groups in total. The zero-order valence-corrected chi connectivity index (χ0v) is 15.6.